The first kappa shape index (κ1) is 8.88. The second-order valence-corrected chi connectivity index (χ2v) is 2.00. The molecule has 0 aromatic rings. The number of ether oxygens (including phenoxy) is 1. The lowest BCUT2D eigenvalue weighted by atomic mass is 10.2. The summed E-state index contributed by atoms with van der Waals surface area (Å²) < 4.78 is 4.62. The third-order valence-electron chi connectivity index (χ3n) is 1.20. The van der Waals surface area contributed by atoms with E-state index in [-0.39, 0.29) is 6.61 Å². The Balaban J connectivity index is 3.32. The smallest absolute Gasteiger partial charge is 0.103 e. The van der Waals surface area contributed by atoms with Crippen LogP contribution in [0.4, 0.5) is 0 Å². The predicted octanol–water partition coefficient (Wildman–Crippen LogP) is -0.235. The number of aliphatic hydroxyl groups excluding tert-OH is 2. The van der Waals surface area contributed by atoms with Crippen LogP contribution in [0.3, 0.4) is 0 Å². The molecule has 2 N–H and O–H groups in total. The van der Waals surface area contributed by atoms with Gasteiger partial charge in [-0.25, -0.2) is 0 Å². The molecular weight excluding hydrogens is 120 g/mol. The lowest BCUT2D eigenvalue weighted by Crippen LogP contribution is -2.29. The molecule has 9 heavy (non-hydrogen) atoms. The highest BCUT2D eigenvalue weighted by molar-refractivity contribution is 4.63. The third-order valence-corrected chi connectivity index (χ3v) is 1.20. The molecule has 0 radical (unpaired) electrons. The quantitative estimate of drug-likeness (QED) is 0.558. The van der Waals surface area contributed by atoms with Crippen LogP contribution in [-0.2, 0) is 4.74 Å². The largest absolute Gasteiger partial charge is 0.390 e. The van der Waals surface area contributed by atoms with Crippen LogP contribution in [-0.4, -0.2) is 36.1 Å². The van der Waals surface area contributed by atoms with E-state index in [1.54, 1.807) is 0 Å². The molecule has 2 atom stereocenters. The zero-order valence-corrected chi connectivity index (χ0v) is 5.87. The van der Waals surface area contributed by atoms with Gasteiger partial charge in [-0.3, -0.25) is 0 Å². The first-order chi connectivity index (χ1) is 4.22. The molecule has 0 aliphatic rings. The number of methoxy groups -OCH3 is 1. The Labute approximate surface area is 55.3 Å². The molecule has 0 saturated carbocycles. The van der Waals surface area contributed by atoms with E-state index in [4.69, 9.17) is 10.2 Å². The van der Waals surface area contributed by atoms with E-state index in [2.05, 4.69) is 4.74 Å². The molecule has 0 rings (SSSR count). The highest BCUT2D eigenvalue weighted by Crippen LogP contribution is 1.97. The van der Waals surface area contributed by atoms with E-state index in [0.717, 1.165) is 0 Å². The van der Waals surface area contributed by atoms with Crippen molar-refractivity contribution in [1.29, 1.82) is 0 Å². The minimum Gasteiger partial charge on any atom is -0.390 e. The van der Waals surface area contributed by atoms with Gasteiger partial charge in [-0.15, -0.1) is 0 Å². The minimum absolute atomic E-state index is 0.203. The van der Waals surface area contributed by atoms with E-state index >= 15 is 0 Å². The van der Waals surface area contributed by atoms with E-state index in [9.17, 15) is 0 Å². The molecule has 0 aliphatic carbocycles. The molecule has 0 spiro atoms. The summed E-state index contributed by atoms with van der Waals surface area (Å²) in [5.41, 5.74) is 0. The van der Waals surface area contributed by atoms with Crippen molar-refractivity contribution in [2.45, 2.75) is 25.6 Å². The Kier molecular flexibility index (Phi) is 4.67. The predicted molar refractivity (Wildman–Crippen MR) is 34.2 cm³/mol. The van der Waals surface area contributed by atoms with Crippen LogP contribution in [0.15, 0.2) is 0 Å². The lowest BCUT2D eigenvalue weighted by Gasteiger charge is -2.13. The molecule has 0 aromatic carbocycles. The van der Waals surface area contributed by atoms with Gasteiger partial charge in [-0.2, -0.15) is 0 Å². The molecule has 0 aliphatic heterocycles. The molecule has 0 amide bonds. The van der Waals surface area contributed by atoms with Crippen molar-refractivity contribution < 1.29 is 14.9 Å². The van der Waals surface area contributed by atoms with Gasteiger partial charge in [0.2, 0.25) is 0 Å². The number of hydrogen-bond acceptors (Lipinski definition) is 3. The average Bonchev–Trinajstić information content (AvgIpc) is 1.87. The van der Waals surface area contributed by atoms with Crippen LogP contribution in [0.2, 0.25) is 0 Å². The van der Waals surface area contributed by atoms with Crippen LogP contribution < -0.4 is 0 Å². The van der Waals surface area contributed by atoms with E-state index in [1.807, 2.05) is 6.92 Å². The topological polar surface area (TPSA) is 49.7 Å². The molecule has 0 heterocycles. The Hall–Kier alpha value is -0.120. The maximum absolute atomic E-state index is 8.94. The molecule has 3 heteroatoms. The van der Waals surface area contributed by atoms with Crippen LogP contribution >= 0.6 is 0 Å². The summed E-state index contributed by atoms with van der Waals surface area (Å²) in [5, 5.41) is 17.9. The number of hydrogen-bond donors (Lipinski definition) is 2. The normalized spacial score (nSPS) is 17.3. The maximum Gasteiger partial charge on any atom is 0.103 e. The van der Waals surface area contributed by atoms with Crippen LogP contribution in [0, 0.1) is 0 Å². The molecule has 0 saturated heterocycles. The van der Waals surface area contributed by atoms with Gasteiger partial charge in [0.05, 0.1) is 12.7 Å². The van der Waals surface area contributed by atoms with Crippen LogP contribution in [0.25, 0.3) is 0 Å². The molecule has 0 fully saturated rings. The van der Waals surface area contributed by atoms with E-state index < -0.39 is 12.2 Å². The molecule has 56 valence electrons. The summed E-state index contributed by atoms with van der Waals surface area (Å²) >= 11 is 0. The van der Waals surface area contributed by atoms with Crippen molar-refractivity contribution in [3.63, 3.8) is 0 Å². The van der Waals surface area contributed by atoms with Crippen molar-refractivity contribution in [2.24, 2.45) is 0 Å². The zero-order valence-electron chi connectivity index (χ0n) is 5.87. The SMILES string of the molecule is CC[C@H](O)[C@@H](O)COC. The van der Waals surface area contributed by atoms with E-state index in [0.29, 0.717) is 6.42 Å². The Bertz CT molecular complexity index is 65.3. The van der Waals surface area contributed by atoms with Gasteiger partial charge in [0.15, 0.2) is 0 Å². The fourth-order valence-corrected chi connectivity index (χ4v) is 0.554. The van der Waals surface area contributed by atoms with Crippen molar-refractivity contribution in [2.75, 3.05) is 13.7 Å². The van der Waals surface area contributed by atoms with Crippen LogP contribution in [0.1, 0.15) is 13.3 Å². The monoisotopic (exact) mass is 134 g/mol. The zero-order chi connectivity index (χ0) is 7.28. The fourth-order valence-electron chi connectivity index (χ4n) is 0.554. The summed E-state index contributed by atoms with van der Waals surface area (Å²) in [7, 11) is 1.49. The highest BCUT2D eigenvalue weighted by Gasteiger charge is 2.12. The molecular formula is C6H14O3. The molecule has 0 unspecified atom stereocenters. The first-order valence-corrected chi connectivity index (χ1v) is 3.07. The summed E-state index contributed by atoms with van der Waals surface area (Å²) in [6.07, 6.45) is -0.824. The van der Waals surface area contributed by atoms with Crippen LogP contribution in [0.5, 0.6) is 0 Å². The van der Waals surface area contributed by atoms with Gasteiger partial charge in [0, 0.05) is 7.11 Å². The lowest BCUT2D eigenvalue weighted by molar-refractivity contribution is -0.0270. The minimum atomic E-state index is -0.736. The molecule has 0 aromatic heterocycles. The second kappa shape index (κ2) is 4.73. The van der Waals surface area contributed by atoms with Crippen molar-refractivity contribution in [3.05, 3.63) is 0 Å². The fraction of sp³-hybridized carbons (Fsp3) is 1.00. The third kappa shape index (κ3) is 3.46. The van der Waals surface area contributed by atoms with Gasteiger partial charge in [-0.05, 0) is 6.42 Å². The van der Waals surface area contributed by atoms with Gasteiger partial charge in [0.1, 0.15) is 6.10 Å². The first-order valence-electron chi connectivity index (χ1n) is 3.07. The molecule has 3 nitrogen and oxygen atoms in total. The van der Waals surface area contributed by atoms with Crippen molar-refractivity contribution in [1.82, 2.24) is 0 Å². The van der Waals surface area contributed by atoms with Gasteiger partial charge in [0.25, 0.3) is 0 Å². The Morgan fingerprint density at radius 1 is 1.33 bits per heavy atom. The number of aliphatic hydroxyl groups is 2. The van der Waals surface area contributed by atoms with Crippen molar-refractivity contribution in [3.8, 4) is 0 Å². The van der Waals surface area contributed by atoms with Gasteiger partial charge >= 0.3 is 0 Å². The van der Waals surface area contributed by atoms with E-state index in [1.165, 1.54) is 7.11 Å². The summed E-state index contributed by atoms with van der Waals surface area (Å²) in [6, 6.07) is 0. The second-order valence-electron chi connectivity index (χ2n) is 2.00. The summed E-state index contributed by atoms with van der Waals surface area (Å²) in [6.45, 7) is 2.01. The highest BCUT2D eigenvalue weighted by atomic mass is 16.5. The van der Waals surface area contributed by atoms with Gasteiger partial charge in [-0.1, -0.05) is 6.92 Å². The summed E-state index contributed by atoms with van der Waals surface area (Å²) in [4.78, 5) is 0. The Morgan fingerprint density at radius 3 is 2.22 bits per heavy atom. The Morgan fingerprint density at radius 2 is 1.89 bits per heavy atom. The standard InChI is InChI=1S/C6H14O3/c1-3-5(7)6(8)4-9-2/h5-8H,3-4H2,1-2H3/t5-,6-/m0/s1. The molecule has 0 bridgehead atoms. The maximum atomic E-state index is 8.94. The summed E-state index contributed by atoms with van der Waals surface area (Å²) in [5.74, 6) is 0. The van der Waals surface area contributed by atoms with Crippen molar-refractivity contribution >= 4 is 0 Å². The number of rotatable bonds is 4. The average molecular weight is 134 g/mol. The van der Waals surface area contributed by atoms with Gasteiger partial charge < -0.3 is 14.9 Å².